The minimum Gasteiger partial charge on any atom is -0.366 e. The summed E-state index contributed by atoms with van der Waals surface area (Å²) in [6.07, 6.45) is 0. The SMILES string of the molecule is C[C@@H](N)C(=O)Nc1cc(C(N)=O)cc(C(N)=O)c1. The Kier molecular flexibility index (Phi) is 4.01. The van der Waals surface area contributed by atoms with Gasteiger partial charge in [-0.25, -0.2) is 0 Å². The molecule has 7 heteroatoms. The van der Waals surface area contributed by atoms with Gasteiger partial charge >= 0.3 is 0 Å². The average molecular weight is 250 g/mol. The molecule has 1 aromatic carbocycles. The van der Waals surface area contributed by atoms with Crippen LogP contribution in [-0.4, -0.2) is 23.8 Å². The van der Waals surface area contributed by atoms with Crippen LogP contribution in [0.2, 0.25) is 0 Å². The second-order valence-electron chi connectivity index (χ2n) is 3.81. The van der Waals surface area contributed by atoms with E-state index < -0.39 is 23.8 Å². The third-order valence-electron chi connectivity index (χ3n) is 2.18. The molecule has 3 amide bonds. The summed E-state index contributed by atoms with van der Waals surface area (Å²) in [7, 11) is 0. The molecule has 0 saturated heterocycles. The van der Waals surface area contributed by atoms with Crippen molar-refractivity contribution >= 4 is 23.4 Å². The second kappa shape index (κ2) is 5.28. The normalized spacial score (nSPS) is 11.7. The lowest BCUT2D eigenvalue weighted by molar-refractivity contribution is -0.117. The molecule has 0 fully saturated rings. The molecule has 0 saturated carbocycles. The van der Waals surface area contributed by atoms with E-state index in [0.717, 1.165) is 0 Å². The molecule has 0 heterocycles. The van der Waals surface area contributed by atoms with Gasteiger partial charge in [0.2, 0.25) is 17.7 Å². The van der Waals surface area contributed by atoms with Crippen molar-refractivity contribution in [2.75, 3.05) is 5.32 Å². The molecule has 0 bridgehead atoms. The molecule has 96 valence electrons. The number of hydrogen-bond donors (Lipinski definition) is 4. The van der Waals surface area contributed by atoms with Crippen LogP contribution in [0.25, 0.3) is 0 Å². The van der Waals surface area contributed by atoms with Crippen molar-refractivity contribution < 1.29 is 14.4 Å². The Labute approximate surface area is 103 Å². The summed E-state index contributed by atoms with van der Waals surface area (Å²) in [4.78, 5) is 33.6. The zero-order valence-electron chi connectivity index (χ0n) is 9.77. The summed E-state index contributed by atoms with van der Waals surface area (Å²) in [6.45, 7) is 1.50. The third-order valence-corrected chi connectivity index (χ3v) is 2.18. The summed E-state index contributed by atoms with van der Waals surface area (Å²) in [5.41, 5.74) is 16.0. The minimum absolute atomic E-state index is 0.0753. The van der Waals surface area contributed by atoms with Crippen molar-refractivity contribution in [1.29, 1.82) is 0 Å². The maximum Gasteiger partial charge on any atom is 0.248 e. The van der Waals surface area contributed by atoms with Crippen molar-refractivity contribution in [3.05, 3.63) is 29.3 Å². The maximum absolute atomic E-state index is 11.4. The molecular weight excluding hydrogens is 236 g/mol. The fourth-order valence-corrected chi connectivity index (χ4v) is 1.24. The zero-order chi connectivity index (χ0) is 13.9. The van der Waals surface area contributed by atoms with E-state index in [4.69, 9.17) is 17.2 Å². The van der Waals surface area contributed by atoms with Gasteiger partial charge in [0.1, 0.15) is 0 Å². The lowest BCUT2D eigenvalue weighted by atomic mass is 10.1. The molecule has 7 nitrogen and oxygen atoms in total. The van der Waals surface area contributed by atoms with Crippen molar-refractivity contribution in [2.24, 2.45) is 17.2 Å². The highest BCUT2D eigenvalue weighted by atomic mass is 16.2. The first-order chi connectivity index (χ1) is 8.31. The molecule has 1 atom stereocenters. The summed E-state index contributed by atoms with van der Waals surface area (Å²) in [5.74, 6) is -1.91. The average Bonchev–Trinajstić information content (AvgIpc) is 2.28. The van der Waals surface area contributed by atoms with E-state index in [1.807, 2.05) is 0 Å². The molecule has 0 aromatic heterocycles. The third kappa shape index (κ3) is 3.29. The quantitative estimate of drug-likeness (QED) is 0.553. The highest BCUT2D eigenvalue weighted by molar-refractivity contribution is 6.02. The van der Waals surface area contributed by atoms with Crippen LogP contribution < -0.4 is 22.5 Å². The van der Waals surface area contributed by atoms with Gasteiger partial charge < -0.3 is 22.5 Å². The molecule has 1 rings (SSSR count). The van der Waals surface area contributed by atoms with Crippen LogP contribution in [0.15, 0.2) is 18.2 Å². The Morgan fingerprint density at radius 2 is 1.50 bits per heavy atom. The Hall–Kier alpha value is -2.41. The molecule has 0 aliphatic rings. The highest BCUT2D eigenvalue weighted by Crippen LogP contribution is 2.15. The van der Waals surface area contributed by atoms with Crippen LogP contribution >= 0.6 is 0 Å². The molecule has 0 aliphatic carbocycles. The van der Waals surface area contributed by atoms with Gasteiger partial charge in [0.25, 0.3) is 0 Å². The summed E-state index contributed by atoms with van der Waals surface area (Å²) in [6, 6.07) is 3.22. The Morgan fingerprint density at radius 1 is 1.06 bits per heavy atom. The standard InChI is InChI=1S/C11H14N4O3/c1-5(12)11(18)15-8-3-6(9(13)16)2-7(4-8)10(14)17/h2-5H,12H2,1H3,(H2,13,16)(H2,14,17)(H,15,18)/t5-/m1/s1. The van der Waals surface area contributed by atoms with Crippen LogP contribution in [-0.2, 0) is 4.79 Å². The number of hydrogen-bond acceptors (Lipinski definition) is 4. The number of benzene rings is 1. The van der Waals surface area contributed by atoms with Gasteiger partial charge in [-0.2, -0.15) is 0 Å². The lowest BCUT2D eigenvalue weighted by Gasteiger charge is -2.10. The van der Waals surface area contributed by atoms with Gasteiger partial charge in [0.05, 0.1) is 6.04 Å². The number of amides is 3. The fourth-order valence-electron chi connectivity index (χ4n) is 1.24. The van der Waals surface area contributed by atoms with E-state index in [2.05, 4.69) is 5.32 Å². The maximum atomic E-state index is 11.4. The van der Waals surface area contributed by atoms with Gasteiger partial charge in [-0.3, -0.25) is 14.4 Å². The number of nitrogens with one attached hydrogen (secondary N) is 1. The number of anilines is 1. The number of nitrogens with two attached hydrogens (primary N) is 3. The second-order valence-corrected chi connectivity index (χ2v) is 3.81. The largest absolute Gasteiger partial charge is 0.366 e. The molecule has 18 heavy (non-hydrogen) atoms. The van der Waals surface area contributed by atoms with E-state index >= 15 is 0 Å². The predicted molar refractivity (Wildman–Crippen MR) is 65.8 cm³/mol. The van der Waals surface area contributed by atoms with Gasteiger partial charge in [-0.1, -0.05) is 0 Å². The van der Waals surface area contributed by atoms with Gasteiger partial charge in [-0.05, 0) is 25.1 Å². The summed E-state index contributed by atoms with van der Waals surface area (Å²) >= 11 is 0. The first-order valence-electron chi connectivity index (χ1n) is 5.12. The van der Waals surface area contributed by atoms with E-state index in [1.54, 1.807) is 0 Å². The first kappa shape index (κ1) is 13.7. The monoisotopic (exact) mass is 250 g/mol. The van der Waals surface area contributed by atoms with Crippen molar-refractivity contribution in [3.63, 3.8) is 0 Å². The molecule has 7 N–H and O–H groups in total. The number of carbonyl (C=O) groups is 3. The van der Waals surface area contributed by atoms with Gasteiger partial charge in [-0.15, -0.1) is 0 Å². The molecule has 0 aliphatic heterocycles. The first-order valence-corrected chi connectivity index (χ1v) is 5.12. The van der Waals surface area contributed by atoms with Crippen molar-refractivity contribution in [1.82, 2.24) is 0 Å². The lowest BCUT2D eigenvalue weighted by Crippen LogP contribution is -2.32. The Morgan fingerprint density at radius 3 is 1.83 bits per heavy atom. The van der Waals surface area contributed by atoms with E-state index in [-0.39, 0.29) is 16.8 Å². The van der Waals surface area contributed by atoms with Crippen molar-refractivity contribution in [2.45, 2.75) is 13.0 Å². The predicted octanol–water partition coefficient (Wildman–Crippen LogP) is -0.830. The molecule has 0 spiro atoms. The van der Waals surface area contributed by atoms with Crippen molar-refractivity contribution in [3.8, 4) is 0 Å². The van der Waals surface area contributed by atoms with E-state index in [1.165, 1.54) is 25.1 Å². The van der Waals surface area contributed by atoms with Crippen LogP contribution in [0.5, 0.6) is 0 Å². The zero-order valence-corrected chi connectivity index (χ0v) is 9.77. The van der Waals surface area contributed by atoms with Crippen LogP contribution in [0.1, 0.15) is 27.6 Å². The number of primary amides is 2. The molecule has 0 radical (unpaired) electrons. The molecule has 0 unspecified atom stereocenters. The summed E-state index contributed by atoms with van der Waals surface area (Å²) in [5, 5.41) is 2.45. The smallest absolute Gasteiger partial charge is 0.248 e. The molecule has 1 aromatic rings. The molecular formula is C11H14N4O3. The van der Waals surface area contributed by atoms with E-state index in [9.17, 15) is 14.4 Å². The topological polar surface area (TPSA) is 141 Å². The van der Waals surface area contributed by atoms with Gasteiger partial charge in [0, 0.05) is 16.8 Å². The summed E-state index contributed by atoms with van der Waals surface area (Å²) < 4.78 is 0. The van der Waals surface area contributed by atoms with Gasteiger partial charge in [0.15, 0.2) is 0 Å². The fraction of sp³-hybridized carbons (Fsp3) is 0.182. The number of rotatable bonds is 4. The van der Waals surface area contributed by atoms with Crippen LogP contribution in [0, 0.1) is 0 Å². The highest BCUT2D eigenvalue weighted by Gasteiger charge is 2.12. The Balaban J connectivity index is 3.15. The minimum atomic E-state index is -0.727. The van der Waals surface area contributed by atoms with Crippen LogP contribution in [0.4, 0.5) is 5.69 Å². The Bertz CT molecular complexity index is 479. The van der Waals surface area contributed by atoms with E-state index in [0.29, 0.717) is 0 Å². The van der Waals surface area contributed by atoms with Crippen LogP contribution in [0.3, 0.4) is 0 Å². The number of carbonyl (C=O) groups excluding carboxylic acids is 3.